The molecule has 1 amide bonds. The predicted octanol–water partition coefficient (Wildman–Crippen LogP) is 4.35. The smallest absolute Gasteiger partial charge is 0.260 e. The van der Waals surface area contributed by atoms with Crippen LogP contribution in [-0.4, -0.2) is 47.1 Å². The maximum atomic E-state index is 12.6. The number of para-hydroxylation sites is 2. The van der Waals surface area contributed by atoms with E-state index in [0.29, 0.717) is 40.5 Å². The van der Waals surface area contributed by atoms with Gasteiger partial charge in [-0.05, 0) is 58.2 Å². The first-order valence-electron chi connectivity index (χ1n) is 11.3. The van der Waals surface area contributed by atoms with Crippen LogP contribution in [-0.2, 0) is 21.4 Å². The molecule has 37 heavy (non-hydrogen) atoms. The average Bonchev–Trinajstić information content (AvgIpc) is 2.87. The third-order valence-electron chi connectivity index (χ3n) is 5.00. The molecule has 0 unspecified atom stereocenters. The molecule has 0 aliphatic heterocycles. The normalized spacial score (nSPS) is 11.2. The van der Waals surface area contributed by atoms with Crippen molar-refractivity contribution in [2.24, 2.45) is 5.10 Å². The molecule has 196 valence electrons. The Balaban J connectivity index is 1.70. The van der Waals surface area contributed by atoms with Crippen LogP contribution in [0.1, 0.15) is 18.1 Å². The van der Waals surface area contributed by atoms with Crippen LogP contribution in [0, 0.1) is 0 Å². The summed E-state index contributed by atoms with van der Waals surface area (Å²) in [5, 5.41) is 3.97. The van der Waals surface area contributed by atoms with Gasteiger partial charge in [0, 0.05) is 0 Å². The number of nitrogens with one attached hydrogen (secondary N) is 1. The Kier molecular flexibility index (Phi) is 9.93. The first-order valence-corrected chi connectivity index (χ1v) is 13.9. The van der Waals surface area contributed by atoms with Gasteiger partial charge in [0.05, 0.1) is 36.3 Å². The minimum absolute atomic E-state index is 0.269. The van der Waals surface area contributed by atoms with Crippen LogP contribution in [0.25, 0.3) is 0 Å². The molecule has 3 aromatic carbocycles. The maximum absolute atomic E-state index is 12.6. The second kappa shape index (κ2) is 13.1. The minimum atomic E-state index is -3.77. The Morgan fingerprint density at radius 3 is 2.43 bits per heavy atom. The van der Waals surface area contributed by atoms with E-state index in [-0.39, 0.29) is 5.69 Å². The van der Waals surface area contributed by atoms with Crippen molar-refractivity contribution in [3.8, 4) is 17.2 Å². The highest BCUT2D eigenvalue weighted by Gasteiger charge is 2.23. The lowest BCUT2D eigenvalue weighted by Crippen LogP contribution is -2.39. The number of carbonyl (C=O) groups excluding carboxylic acids is 1. The first kappa shape index (κ1) is 28.0. The van der Waals surface area contributed by atoms with Gasteiger partial charge in [-0.1, -0.05) is 42.5 Å². The van der Waals surface area contributed by atoms with Gasteiger partial charge in [0.25, 0.3) is 5.91 Å². The van der Waals surface area contributed by atoms with E-state index in [9.17, 15) is 13.2 Å². The van der Waals surface area contributed by atoms with Gasteiger partial charge < -0.3 is 14.2 Å². The van der Waals surface area contributed by atoms with Gasteiger partial charge in [-0.3, -0.25) is 9.10 Å². The summed E-state index contributed by atoms with van der Waals surface area (Å²) in [6, 6.07) is 19.8. The molecular weight excluding hydrogens is 562 g/mol. The Morgan fingerprint density at radius 2 is 1.76 bits per heavy atom. The molecule has 0 radical (unpaired) electrons. The second-order valence-corrected chi connectivity index (χ2v) is 10.5. The van der Waals surface area contributed by atoms with Gasteiger partial charge in [-0.15, -0.1) is 0 Å². The van der Waals surface area contributed by atoms with E-state index in [2.05, 4.69) is 26.5 Å². The molecular formula is C26H28BrN3O6S. The van der Waals surface area contributed by atoms with E-state index in [0.717, 1.165) is 16.1 Å². The molecule has 11 heteroatoms. The van der Waals surface area contributed by atoms with Crippen molar-refractivity contribution in [3.63, 3.8) is 0 Å². The van der Waals surface area contributed by atoms with E-state index in [1.165, 1.54) is 13.3 Å². The molecule has 0 fully saturated rings. The number of sulfonamides is 1. The Morgan fingerprint density at radius 1 is 1.05 bits per heavy atom. The van der Waals surface area contributed by atoms with Crippen molar-refractivity contribution >= 4 is 43.8 Å². The summed E-state index contributed by atoms with van der Waals surface area (Å²) in [4.78, 5) is 12.6. The zero-order valence-electron chi connectivity index (χ0n) is 20.7. The number of hydrogen-bond donors (Lipinski definition) is 1. The summed E-state index contributed by atoms with van der Waals surface area (Å²) in [6.07, 6.45) is 2.45. The number of methoxy groups -OCH3 is 1. The van der Waals surface area contributed by atoms with Crippen molar-refractivity contribution < 1.29 is 27.4 Å². The number of ether oxygens (including phenoxy) is 3. The van der Waals surface area contributed by atoms with Crippen molar-refractivity contribution in [1.29, 1.82) is 0 Å². The molecule has 3 aromatic rings. The highest BCUT2D eigenvalue weighted by molar-refractivity contribution is 9.10. The molecule has 0 aromatic heterocycles. The largest absolute Gasteiger partial charge is 0.493 e. The lowest BCUT2D eigenvalue weighted by atomic mass is 10.2. The van der Waals surface area contributed by atoms with Crippen molar-refractivity contribution in [2.45, 2.75) is 13.5 Å². The molecule has 0 bridgehead atoms. The summed E-state index contributed by atoms with van der Waals surface area (Å²) in [5.74, 6) is 0.748. The molecule has 3 rings (SSSR count). The van der Waals surface area contributed by atoms with Crippen LogP contribution < -0.4 is 23.9 Å². The topological polar surface area (TPSA) is 107 Å². The number of nitrogens with zero attached hydrogens (tertiary/aromatic N) is 2. The van der Waals surface area contributed by atoms with Crippen LogP contribution in [0.2, 0.25) is 0 Å². The van der Waals surface area contributed by atoms with Crippen LogP contribution in [0.3, 0.4) is 0 Å². The minimum Gasteiger partial charge on any atom is -0.493 e. The first-order chi connectivity index (χ1) is 17.7. The van der Waals surface area contributed by atoms with Crippen LogP contribution in [0.5, 0.6) is 17.2 Å². The van der Waals surface area contributed by atoms with Crippen molar-refractivity contribution in [3.05, 3.63) is 82.3 Å². The van der Waals surface area contributed by atoms with Crippen LogP contribution in [0.4, 0.5) is 5.69 Å². The molecule has 1 N–H and O–H groups in total. The fraction of sp³-hybridized carbons (Fsp3) is 0.231. The molecule has 0 heterocycles. The fourth-order valence-corrected chi connectivity index (χ4v) is 4.78. The summed E-state index contributed by atoms with van der Waals surface area (Å²) >= 11 is 3.49. The highest BCUT2D eigenvalue weighted by atomic mass is 79.9. The number of amides is 1. The van der Waals surface area contributed by atoms with Gasteiger partial charge in [0.15, 0.2) is 11.5 Å². The summed E-state index contributed by atoms with van der Waals surface area (Å²) in [6.45, 7) is 2.03. The molecule has 0 saturated heterocycles. The van der Waals surface area contributed by atoms with Gasteiger partial charge in [0.1, 0.15) is 18.9 Å². The zero-order valence-corrected chi connectivity index (χ0v) is 23.1. The fourth-order valence-electron chi connectivity index (χ4n) is 3.35. The van der Waals surface area contributed by atoms with Crippen molar-refractivity contribution in [2.75, 3.05) is 30.8 Å². The Bertz CT molecular complexity index is 1350. The number of rotatable bonds is 12. The molecule has 9 nitrogen and oxygen atoms in total. The third-order valence-corrected chi connectivity index (χ3v) is 6.72. The summed E-state index contributed by atoms with van der Waals surface area (Å²) < 4.78 is 43.4. The lowest BCUT2D eigenvalue weighted by Gasteiger charge is -2.23. The van der Waals surface area contributed by atoms with E-state index in [1.54, 1.807) is 43.3 Å². The van der Waals surface area contributed by atoms with E-state index < -0.39 is 22.5 Å². The number of hydrazone groups is 1. The molecule has 0 spiro atoms. The number of hydrogen-bond acceptors (Lipinski definition) is 7. The molecule has 0 aliphatic carbocycles. The average molecular weight is 590 g/mol. The highest BCUT2D eigenvalue weighted by Crippen LogP contribution is 2.37. The lowest BCUT2D eigenvalue weighted by molar-refractivity contribution is -0.119. The number of anilines is 1. The van der Waals surface area contributed by atoms with Gasteiger partial charge in [0.2, 0.25) is 10.0 Å². The summed E-state index contributed by atoms with van der Waals surface area (Å²) in [5.41, 5.74) is 4.27. The van der Waals surface area contributed by atoms with Gasteiger partial charge in [-0.25, -0.2) is 13.8 Å². The Hall–Kier alpha value is -3.57. The monoisotopic (exact) mass is 589 g/mol. The quantitative estimate of drug-likeness (QED) is 0.248. The predicted molar refractivity (Wildman–Crippen MR) is 147 cm³/mol. The summed E-state index contributed by atoms with van der Waals surface area (Å²) in [7, 11) is -2.24. The van der Waals surface area contributed by atoms with Crippen molar-refractivity contribution in [1.82, 2.24) is 5.43 Å². The number of carbonyl (C=O) groups is 1. The van der Waals surface area contributed by atoms with Crippen LogP contribution >= 0.6 is 15.9 Å². The maximum Gasteiger partial charge on any atom is 0.260 e. The standard InChI is InChI=1S/C26H28BrN3O6S/c1-4-35-23-13-9-8-12-22(23)30(37(3,32)33)17-25(31)29-28-16-20-14-21(27)26(24(15-20)34-2)36-18-19-10-6-5-7-11-19/h5-16H,4,17-18H2,1-3H3,(H,29,31)/b28-16-. The molecule has 0 atom stereocenters. The number of halogens is 1. The molecule has 0 aliphatic rings. The van der Waals surface area contributed by atoms with E-state index in [1.807, 2.05) is 30.3 Å². The zero-order chi connectivity index (χ0) is 26.8. The second-order valence-electron chi connectivity index (χ2n) is 7.77. The van der Waals surface area contributed by atoms with E-state index >= 15 is 0 Å². The van der Waals surface area contributed by atoms with Crippen LogP contribution in [0.15, 0.2) is 76.3 Å². The SMILES string of the molecule is CCOc1ccccc1N(CC(=O)N/N=C\c1cc(Br)c(OCc2ccccc2)c(OC)c1)S(C)(=O)=O. The number of benzene rings is 3. The van der Waals surface area contributed by atoms with Gasteiger partial charge in [-0.2, -0.15) is 5.10 Å². The van der Waals surface area contributed by atoms with E-state index in [4.69, 9.17) is 14.2 Å². The Labute approximate surface area is 225 Å². The third kappa shape index (κ3) is 7.96. The molecule has 0 saturated carbocycles. The van der Waals surface area contributed by atoms with Gasteiger partial charge >= 0.3 is 0 Å².